The molecule has 4 fully saturated rings. The first-order valence-corrected chi connectivity index (χ1v) is 13.9. The minimum atomic E-state index is -0.301. The molecule has 36 heavy (non-hydrogen) atoms. The first-order valence-electron chi connectivity index (χ1n) is 13.9. The number of nitrogens with two attached hydrogens (primary N) is 1. The van der Waals surface area contributed by atoms with Crippen molar-refractivity contribution in [2.24, 2.45) is 11.7 Å². The fraction of sp³-hybridized carbons (Fsp3) is 0.778. The predicted molar refractivity (Wildman–Crippen MR) is 138 cm³/mol. The molecule has 1 aliphatic carbocycles. The van der Waals surface area contributed by atoms with Gasteiger partial charge in [0.15, 0.2) is 11.6 Å². The second kappa shape index (κ2) is 10.9. The number of likely N-dealkylation sites (tertiary alicyclic amines) is 2. The lowest BCUT2D eigenvalue weighted by Gasteiger charge is -2.49. The van der Waals surface area contributed by atoms with Gasteiger partial charge in [0.2, 0.25) is 5.91 Å². The lowest BCUT2D eigenvalue weighted by atomic mass is 9.81. The van der Waals surface area contributed by atoms with Crippen LogP contribution in [0.5, 0.6) is 0 Å². The maximum atomic E-state index is 14.8. The third kappa shape index (κ3) is 5.12. The summed E-state index contributed by atoms with van der Waals surface area (Å²) in [6.07, 6.45) is 4.76. The molecule has 200 valence electrons. The summed E-state index contributed by atoms with van der Waals surface area (Å²) in [6, 6.07) is 5.52. The molecule has 0 radical (unpaired) electrons. The number of amides is 1. The average Bonchev–Trinajstić information content (AvgIpc) is 3.39. The Bertz CT molecular complexity index is 922. The van der Waals surface area contributed by atoms with Crippen molar-refractivity contribution >= 4 is 11.7 Å². The summed E-state index contributed by atoms with van der Waals surface area (Å²) < 4.78 is 20.8. The van der Waals surface area contributed by atoms with Crippen LogP contribution in [0.4, 0.5) is 10.2 Å². The van der Waals surface area contributed by atoms with E-state index < -0.39 is 0 Å². The number of rotatable bonds is 11. The van der Waals surface area contributed by atoms with Gasteiger partial charge in [-0.05, 0) is 58.1 Å². The normalized spacial score (nSPS) is 25.9. The number of fused-ring (bicyclic) bond motifs is 2. The SMILES string of the molecule is CCOC(CN(Cc1ccc(F)c(N2CC(N3C[C@@H]4C[C@H]3CN4C(C)C)C2)n1)C(=O)CN)C1CCC1. The topological polar surface area (TPSA) is 78.2 Å². The third-order valence-corrected chi connectivity index (χ3v) is 8.84. The Morgan fingerprint density at radius 2 is 1.97 bits per heavy atom. The average molecular weight is 503 g/mol. The van der Waals surface area contributed by atoms with Crippen LogP contribution in [0, 0.1) is 11.7 Å². The van der Waals surface area contributed by atoms with Crippen LogP contribution in [0.1, 0.15) is 52.1 Å². The van der Waals surface area contributed by atoms with Crippen LogP contribution in [0.2, 0.25) is 0 Å². The molecule has 1 amide bonds. The lowest BCUT2D eigenvalue weighted by Crippen LogP contribution is -2.64. The maximum Gasteiger partial charge on any atom is 0.236 e. The molecule has 8 nitrogen and oxygen atoms in total. The van der Waals surface area contributed by atoms with Crippen molar-refractivity contribution in [3.05, 3.63) is 23.6 Å². The quantitative estimate of drug-likeness (QED) is 0.496. The van der Waals surface area contributed by atoms with Crippen LogP contribution in [-0.4, -0.2) is 102 Å². The molecule has 4 heterocycles. The van der Waals surface area contributed by atoms with Gasteiger partial charge < -0.3 is 20.3 Å². The molecule has 1 saturated carbocycles. The fourth-order valence-electron chi connectivity index (χ4n) is 6.59. The molecule has 2 N–H and O–H groups in total. The van der Waals surface area contributed by atoms with Crippen molar-refractivity contribution in [1.82, 2.24) is 19.7 Å². The summed E-state index contributed by atoms with van der Waals surface area (Å²) >= 11 is 0. The zero-order valence-electron chi connectivity index (χ0n) is 22.1. The van der Waals surface area contributed by atoms with Gasteiger partial charge in [-0.15, -0.1) is 0 Å². The first-order chi connectivity index (χ1) is 17.4. The summed E-state index contributed by atoms with van der Waals surface area (Å²) in [6.45, 7) is 11.8. The van der Waals surface area contributed by atoms with Gasteiger partial charge >= 0.3 is 0 Å². The molecule has 2 bridgehead atoms. The van der Waals surface area contributed by atoms with Crippen LogP contribution in [0.25, 0.3) is 0 Å². The number of anilines is 1. The summed E-state index contributed by atoms with van der Waals surface area (Å²) in [7, 11) is 0. The minimum Gasteiger partial charge on any atom is -0.376 e. The molecule has 5 rings (SSSR count). The van der Waals surface area contributed by atoms with Crippen molar-refractivity contribution in [3.63, 3.8) is 0 Å². The fourth-order valence-corrected chi connectivity index (χ4v) is 6.59. The van der Waals surface area contributed by atoms with Gasteiger partial charge in [-0.25, -0.2) is 9.37 Å². The molecule has 1 aromatic heterocycles. The van der Waals surface area contributed by atoms with Gasteiger partial charge in [0, 0.05) is 63.5 Å². The molecular formula is C27H43FN6O2. The monoisotopic (exact) mass is 502 g/mol. The van der Waals surface area contributed by atoms with E-state index in [0.29, 0.717) is 61.3 Å². The van der Waals surface area contributed by atoms with Crippen LogP contribution in [-0.2, 0) is 16.1 Å². The van der Waals surface area contributed by atoms with Crippen molar-refractivity contribution in [1.29, 1.82) is 0 Å². The highest BCUT2D eigenvalue weighted by Gasteiger charge is 2.49. The van der Waals surface area contributed by atoms with Crippen molar-refractivity contribution in [2.45, 2.75) is 83.3 Å². The number of nitrogens with zero attached hydrogens (tertiary/aromatic N) is 5. The Hall–Kier alpha value is -1.81. The molecule has 3 atom stereocenters. The van der Waals surface area contributed by atoms with E-state index >= 15 is 0 Å². The van der Waals surface area contributed by atoms with Gasteiger partial charge in [-0.2, -0.15) is 0 Å². The van der Waals surface area contributed by atoms with Crippen LogP contribution in [0.3, 0.4) is 0 Å². The smallest absolute Gasteiger partial charge is 0.236 e. The Kier molecular flexibility index (Phi) is 7.81. The summed E-state index contributed by atoms with van der Waals surface area (Å²) in [5.41, 5.74) is 6.42. The number of hydrogen-bond acceptors (Lipinski definition) is 7. The lowest BCUT2D eigenvalue weighted by molar-refractivity contribution is -0.134. The summed E-state index contributed by atoms with van der Waals surface area (Å²) in [4.78, 5) is 26.4. The highest BCUT2D eigenvalue weighted by atomic mass is 19.1. The molecule has 1 unspecified atom stereocenters. The second-order valence-electron chi connectivity index (χ2n) is 11.4. The summed E-state index contributed by atoms with van der Waals surface area (Å²) in [5.74, 6) is 0.457. The molecular weight excluding hydrogens is 459 g/mol. The van der Waals surface area contributed by atoms with Gasteiger partial charge in [-0.1, -0.05) is 6.42 Å². The van der Waals surface area contributed by atoms with Crippen molar-refractivity contribution in [3.8, 4) is 0 Å². The zero-order valence-corrected chi connectivity index (χ0v) is 22.1. The highest BCUT2D eigenvalue weighted by Crippen LogP contribution is 2.37. The van der Waals surface area contributed by atoms with E-state index in [-0.39, 0.29) is 24.4 Å². The predicted octanol–water partition coefficient (Wildman–Crippen LogP) is 2.07. The van der Waals surface area contributed by atoms with Gasteiger partial charge in [0.25, 0.3) is 0 Å². The maximum absolute atomic E-state index is 14.8. The second-order valence-corrected chi connectivity index (χ2v) is 11.4. The standard InChI is InChI=1S/C27H43FN6O2/c1-4-36-25(19-6-5-7-19)17-31(26(35)11-29)12-20-8-9-24(28)27(30-20)32-13-23(14-32)34-16-21-10-22(34)15-33(21)18(2)3/h8-9,18-19,21-23,25H,4-7,10-17,29H2,1-3H3/t21-,22-,25?/m0/s1. The number of ether oxygens (including phenoxy) is 1. The Morgan fingerprint density at radius 3 is 2.56 bits per heavy atom. The van der Waals surface area contributed by atoms with Crippen molar-refractivity contribution < 1.29 is 13.9 Å². The van der Waals surface area contributed by atoms with E-state index in [2.05, 4.69) is 28.6 Å². The number of hydrogen-bond donors (Lipinski definition) is 1. The van der Waals surface area contributed by atoms with Gasteiger partial charge in [-0.3, -0.25) is 14.6 Å². The molecule has 3 aliphatic heterocycles. The Labute approximate surface area is 214 Å². The number of halogens is 1. The van der Waals surface area contributed by atoms with Crippen LogP contribution < -0.4 is 10.6 Å². The molecule has 3 saturated heterocycles. The summed E-state index contributed by atoms with van der Waals surface area (Å²) in [5, 5.41) is 0. The number of aromatic nitrogens is 1. The number of carbonyl (C=O) groups is 1. The molecule has 4 aliphatic rings. The third-order valence-electron chi connectivity index (χ3n) is 8.84. The van der Waals surface area contributed by atoms with Crippen LogP contribution in [0.15, 0.2) is 12.1 Å². The minimum absolute atomic E-state index is 0.0118. The first kappa shape index (κ1) is 25.8. The van der Waals surface area contributed by atoms with Crippen molar-refractivity contribution in [2.75, 3.05) is 50.8 Å². The van der Waals surface area contributed by atoms with E-state index in [4.69, 9.17) is 10.5 Å². The molecule has 9 heteroatoms. The van der Waals surface area contributed by atoms with E-state index in [1.807, 2.05) is 11.8 Å². The molecule has 1 aromatic rings. The van der Waals surface area contributed by atoms with Crippen LogP contribution >= 0.6 is 0 Å². The Balaban J connectivity index is 1.21. The van der Waals surface area contributed by atoms with E-state index in [9.17, 15) is 9.18 Å². The number of carbonyl (C=O) groups excluding carboxylic acids is 1. The molecule has 0 spiro atoms. The Morgan fingerprint density at radius 1 is 1.19 bits per heavy atom. The largest absolute Gasteiger partial charge is 0.376 e. The van der Waals surface area contributed by atoms with E-state index in [1.165, 1.54) is 18.9 Å². The number of piperazine rings is 1. The number of pyridine rings is 1. The molecule has 0 aromatic carbocycles. The van der Waals surface area contributed by atoms with Gasteiger partial charge in [0.05, 0.1) is 24.9 Å². The zero-order chi connectivity index (χ0) is 25.4. The van der Waals surface area contributed by atoms with Gasteiger partial charge in [0.1, 0.15) is 0 Å². The highest BCUT2D eigenvalue weighted by molar-refractivity contribution is 5.78. The van der Waals surface area contributed by atoms with E-state index in [1.54, 1.807) is 11.0 Å². The van der Waals surface area contributed by atoms with E-state index in [0.717, 1.165) is 39.0 Å².